The fraction of sp³-hybridized carbons (Fsp3) is 0.852. The van der Waals surface area contributed by atoms with Gasteiger partial charge in [-0.2, -0.15) is 0 Å². The van der Waals surface area contributed by atoms with Crippen LogP contribution in [0.5, 0.6) is 0 Å². The molecule has 61 heavy (non-hydrogen) atoms. The molecule has 0 fully saturated rings. The molecule has 0 aromatic heterocycles. The number of nitrogens with zero attached hydrogens (tertiary/aromatic N) is 1. The zero-order chi connectivity index (χ0) is 44.5. The number of carbonyl (C=O) groups is 2. The number of carbonyl (C=O) groups excluding carboxylic acids is 2. The van der Waals surface area contributed by atoms with Crippen molar-refractivity contribution in [1.29, 1.82) is 0 Å². The Balaban J connectivity index is 4.36. The number of ether oxygens (including phenoxy) is 4. The fourth-order valence-corrected chi connectivity index (χ4v) is 7.49. The van der Waals surface area contributed by atoms with Crippen LogP contribution in [0.15, 0.2) is 36.5 Å². The Morgan fingerprint density at radius 3 is 1.39 bits per heavy atom. The summed E-state index contributed by atoms with van der Waals surface area (Å²) < 4.78 is 23.8. The summed E-state index contributed by atoms with van der Waals surface area (Å²) in [6.45, 7) is 9.44. The van der Waals surface area contributed by atoms with E-state index >= 15 is 0 Å². The van der Waals surface area contributed by atoms with Gasteiger partial charge in [0.1, 0.15) is 6.10 Å². The third kappa shape index (κ3) is 47.4. The van der Waals surface area contributed by atoms with Crippen molar-refractivity contribution >= 4 is 11.9 Å². The van der Waals surface area contributed by atoms with Crippen LogP contribution in [0.4, 0.5) is 0 Å². The minimum atomic E-state index is -0.135. The molecular weight excluding hydrogens is 759 g/mol. The summed E-state index contributed by atoms with van der Waals surface area (Å²) in [6, 6.07) is 0. The third-order valence-electron chi connectivity index (χ3n) is 11.4. The van der Waals surface area contributed by atoms with E-state index in [1.54, 1.807) is 0 Å². The van der Waals surface area contributed by atoms with Gasteiger partial charge in [0, 0.05) is 6.42 Å². The van der Waals surface area contributed by atoms with E-state index < -0.39 is 0 Å². The van der Waals surface area contributed by atoms with E-state index in [1.165, 1.54) is 135 Å². The predicted octanol–water partition coefficient (Wildman–Crippen LogP) is 15.7. The molecule has 0 aromatic rings. The number of esters is 2. The first kappa shape index (κ1) is 59.0. The second-order valence-corrected chi connectivity index (χ2v) is 17.8. The summed E-state index contributed by atoms with van der Waals surface area (Å²) in [7, 11) is 4.10. The minimum absolute atomic E-state index is 0.0282. The van der Waals surface area contributed by atoms with Crippen LogP contribution in [0, 0.1) is 0 Å². The Morgan fingerprint density at radius 1 is 0.459 bits per heavy atom. The highest BCUT2D eigenvalue weighted by molar-refractivity contribution is 5.71. The average Bonchev–Trinajstić information content (AvgIpc) is 3.24. The molecule has 0 spiro atoms. The third-order valence-corrected chi connectivity index (χ3v) is 11.4. The molecule has 7 heteroatoms. The quantitative estimate of drug-likeness (QED) is 0.0261. The Bertz CT molecular complexity index is 983. The van der Waals surface area contributed by atoms with Gasteiger partial charge in [0.25, 0.3) is 0 Å². The van der Waals surface area contributed by atoms with Gasteiger partial charge >= 0.3 is 11.9 Å². The van der Waals surface area contributed by atoms with Crippen LogP contribution in [-0.4, -0.2) is 69.7 Å². The number of unbranched alkanes of at least 4 members (excludes halogenated alkanes) is 24. The number of rotatable bonds is 48. The van der Waals surface area contributed by atoms with E-state index in [4.69, 9.17) is 18.9 Å². The highest BCUT2D eigenvalue weighted by Gasteiger charge is 2.15. The number of hydrogen-bond acceptors (Lipinski definition) is 7. The van der Waals surface area contributed by atoms with Gasteiger partial charge in [0.15, 0.2) is 6.29 Å². The van der Waals surface area contributed by atoms with E-state index in [0.29, 0.717) is 32.7 Å². The molecular formula is C54H101NO6. The monoisotopic (exact) mass is 860 g/mol. The van der Waals surface area contributed by atoms with Crippen molar-refractivity contribution in [3.63, 3.8) is 0 Å². The van der Waals surface area contributed by atoms with Gasteiger partial charge in [-0.1, -0.05) is 179 Å². The molecule has 1 unspecified atom stereocenters. The summed E-state index contributed by atoms with van der Waals surface area (Å²) in [5.41, 5.74) is 0. The van der Waals surface area contributed by atoms with Gasteiger partial charge in [-0.25, -0.2) is 0 Å². The van der Waals surface area contributed by atoms with Crippen LogP contribution in [0.25, 0.3) is 0 Å². The fourth-order valence-electron chi connectivity index (χ4n) is 7.49. The van der Waals surface area contributed by atoms with Crippen molar-refractivity contribution in [2.24, 2.45) is 0 Å². The lowest BCUT2D eigenvalue weighted by molar-refractivity contribution is -0.150. The SMILES string of the molecule is CCCCCC=CCC(=O)OCCCCCCCCCCC(CCCCCCCCCC(OCC=CCCCCCC)OCC=CCCCCCC)OC(=O)CCCN(C)C. The zero-order valence-corrected chi connectivity index (χ0v) is 41.1. The van der Waals surface area contributed by atoms with E-state index in [1.807, 2.05) is 20.2 Å². The second-order valence-electron chi connectivity index (χ2n) is 17.8. The van der Waals surface area contributed by atoms with Gasteiger partial charge < -0.3 is 23.8 Å². The summed E-state index contributed by atoms with van der Waals surface area (Å²) in [5.74, 6) is -0.134. The lowest BCUT2D eigenvalue weighted by atomic mass is 10.0. The van der Waals surface area contributed by atoms with Crippen LogP contribution < -0.4 is 0 Å². The maximum atomic E-state index is 12.7. The van der Waals surface area contributed by atoms with Gasteiger partial charge in [0.2, 0.25) is 0 Å². The van der Waals surface area contributed by atoms with Crippen molar-refractivity contribution in [2.45, 2.75) is 258 Å². The Morgan fingerprint density at radius 2 is 0.885 bits per heavy atom. The molecule has 0 saturated heterocycles. The summed E-state index contributed by atoms with van der Waals surface area (Å²) >= 11 is 0. The predicted molar refractivity (Wildman–Crippen MR) is 261 cm³/mol. The lowest BCUT2D eigenvalue weighted by Crippen LogP contribution is -2.20. The molecule has 0 heterocycles. The molecule has 0 radical (unpaired) electrons. The highest BCUT2D eigenvalue weighted by atomic mass is 16.7. The van der Waals surface area contributed by atoms with Crippen LogP contribution in [0.2, 0.25) is 0 Å². The molecule has 7 nitrogen and oxygen atoms in total. The Kier molecular flexibility index (Phi) is 47.5. The van der Waals surface area contributed by atoms with Gasteiger partial charge in [-0.3, -0.25) is 9.59 Å². The first-order valence-corrected chi connectivity index (χ1v) is 26.1. The Labute approximate surface area is 379 Å². The van der Waals surface area contributed by atoms with E-state index in [-0.39, 0.29) is 24.3 Å². The maximum Gasteiger partial charge on any atom is 0.309 e. The molecule has 0 amide bonds. The average molecular weight is 860 g/mol. The largest absolute Gasteiger partial charge is 0.465 e. The van der Waals surface area contributed by atoms with Crippen molar-refractivity contribution in [3.05, 3.63) is 36.5 Å². The number of hydrogen-bond donors (Lipinski definition) is 0. The maximum absolute atomic E-state index is 12.7. The molecule has 0 saturated carbocycles. The molecule has 1 atom stereocenters. The standard InChI is InChI=1S/C54H101NO6/c1-6-9-12-15-24-32-39-49-59-54(60-50-40-33-25-16-13-10-7-2)46-37-30-23-20-22-28-35-43-51(61-53(57)45-41-47-55(4)5)42-34-27-21-18-19-26-31-38-48-58-52(56)44-36-29-17-14-11-8-3/h29,32-33,36,39-40,51,54H,6-28,30-31,34-35,37-38,41-50H2,1-5H3. The first-order valence-electron chi connectivity index (χ1n) is 26.1. The van der Waals surface area contributed by atoms with E-state index in [0.717, 1.165) is 83.6 Å². The van der Waals surface area contributed by atoms with Crippen molar-refractivity contribution in [3.8, 4) is 0 Å². The highest BCUT2D eigenvalue weighted by Crippen LogP contribution is 2.19. The topological polar surface area (TPSA) is 74.3 Å². The van der Waals surface area contributed by atoms with Crippen LogP contribution in [0.3, 0.4) is 0 Å². The first-order chi connectivity index (χ1) is 29.9. The summed E-state index contributed by atoms with van der Waals surface area (Å²) in [6.07, 6.45) is 52.6. The summed E-state index contributed by atoms with van der Waals surface area (Å²) in [5, 5.41) is 0. The molecule has 0 rings (SSSR count). The van der Waals surface area contributed by atoms with Crippen molar-refractivity contribution in [1.82, 2.24) is 4.90 Å². The van der Waals surface area contributed by atoms with Crippen LogP contribution in [0.1, 0.15) is 245 Å². The summed E-state index contributed by atoms with van der Waals surface area (Å²) in [4.78, 5) is 26.7. The molecule has 0 aliphatic carbocycles. The van der Waals surface area contributed by atoms with Gasteiger partial charge in [0.05, 0.1) is 26.2 Å². The van der Waals surface area contributed by atoms with Crippen molar-refractivity contribution in [2.75, 3.05) is 40.5 Å². The Hall–Kier alpha value is -1.96. The molecule has 0 bridgehead atoms. The van der Waals surface area contributed by atoms with Gasteiger partial charge in [-0.15, -0.1) is 0 Å². The molecule has 0 aliphatic heterocycles. The normalized spacial score (nSPS) is 13.0. The van der Waals surface area contributed by atoms with E-state index in [9.17, 15) is 9.59 Å². The molecule has 0 aliphatic rings. The number of allylic oxidation sites excluding steroid dienone is 3. The van der Waals surface area contributed by atoms with Crippen LogP contribution in [-0.2, 0) is 28.5 Å². The van der Waals surface area contributed by atoms with Crippen LogP contribution >= 0.6 is 0 Å². The second kappa shape index (κ2) is 49.1. The zero-order valence-electron chi connectivity index (χ0n) is 41.1. The molecule has 0 aromatic carbocycles. The van der Waals surface area contributed by atoms with Crippen molar-refractivity contribution < 1.29 is 28.5 Å². The lowest BCUT2D eigenvalue weighted by Gasteiger charge is -2.19. The molecule has 0 N–H and O–H groups in total. The van der Waals surface area contributed by atoms with E-state index in [2.05, 4.69) is 56.1 Å². The smallest absolute Gasteiger partial charge is 0.309 e. The minimum Gasteiger partial charge on any atom is -0.465 e. The van der Waals surface area contributed by atoms with Gasteiger partial charge in [-0.05, 0) is 111 Å². The molecule has 358 valence electrons.